The lowest BCUT2D eigenvalue weighted by Gasteiger charge is -2.01. The van der Waals surface area contributed by atoms with E-state index in [1.807, 2.05) is 30.3 Å². The van der Waals surface area contributed by atoms with Crippen LogP contribution in [0.1, 0.15) is 0 Å². The first-order valence-electron chi connectivity index (χ1n) is 3.98. The van der Waals surface area contributed by atoms with Crippen LogP contribution in [0.4, 0.5) is 5.95 Å². The number of halogens is 1. The van der Waals surface area contributed by atoms with E-state index in [9.17, 15) is 0 Å². The summed E-state index contributed by atoms with van der Waals surface area (Å²) in [5.74, 6) is 0.119. The van der Waals surface area contributed by atoms with Gasteiger partial charge >= 0.3 is 0 Å². The molecule has 0 atom stereocenters. The first-order valence-corrected chi connectivity index (χ1v) is 4.36. The predicted octanol–water partition coefficient (Wildman–Crippen LogP) is 1.77. The summed E-state index contributed by atoms with van der Waals surface area (Å²) >= 11 is 5.84. The summed E-state index contributed by atoms with van der Waals surface area (Å²) in [7, 11) is 0. The summed E-state index contributed by atoms with van der Waals surface area (Å²) in [5.41, 5.74) is 6.85. The van der Waals surface area contributed by atoms with Crippen molar-refractivity contribution in [3.05, 3.63) is 35.5 Å². The molecule has 0 aliphatic carbocycles. The number of hydrogen-bond acceptors (Lipinski definition) is 4. The summed E-state index contributed by atoms with van der Waals surface area (Å²) < 4.78 is 0. The topological polar surface area (TPSA) is 64.7 Å². The predicted molar refractivity (Wildman–Crippen MR) is 54.7 cm³/mol. The number of anilines is 1. The van der Waals surface area contributed by atoms with Gasteiger partial charge in [0, 0.05) is 5.56 Å². The zero-order chi connectivity index (χ0) is 9.97. The maximum absolute atomic E-state index is 5.84. The highest BCUT2D eigenvalue weighted by atomic mass is 35.5. The number of hydrogen-bond donors (Lipinski definition) is 1. The van der Waals surface area contributed by atoms with E-state index >= 15 is 0 Å². The van der Waals surface area contributed by atoms with Crippen molar-refractivity contribution in [2.24, 2.45) is 0 Å². The van der Waals surface area contributed by atoms with Crippen molar-refractivity contribution in [2.45, 2.75) is 0 Å². The van der Waals surface area contributed by atoms with Gasteiger partial charge in [-0.2, -0.15) is 0 Å². The van der Waals surface area contributed by atoms with E-state index < -0.39 is 0 Å². The molecule has 0 amide bonds. The van der Waals surface area contributed by atoms with E-state index in [-0.39, 0.29) is 11.1 Å². The van der Waals surface area contributed by atoms with E-state index in [1.54, 1.807) is 0 Å². The summed E-state index contributed by atoms with van der Waals surface area (Å²) in [4.78, 5) is 4.02. The summed E-state index contributed by atoms with van der Waals surface area (Å²) in [6.07, 6.45) is 0. The Morgan fingerprint density at radius 3 is 2.50 bits per heavy atom. The number of nitrogens with zero attached hydrogens (tertiary/aromatic N) is 3. The van der Waals surface area contributed by atoms with Crippen LogP contribution in [0.25, 0.3) is 11.3 Å². The van der Waals surface area contributed by atoms with E-state index in [0.717, 1.165) is 5.56 Å². The Labute approximate surface area is 85.8 Å². The molecule has 0 fully saturated rings. The average Bonchev–Trinajstić information content (AvgIpc) is 2.23. The van der Waals surface area contributed by atoms with Gasteiger partial charge in [0.1, 0.15) is 5.69 Å². The van der Waals surface area contributed by atoms with E-state index in [1.165, 1.54) is 0 Å². The number of benzene rings is 1. The van der Waals surface area contributed by atoms with Crippen LogP contribution < -0.4 is 5.73 Å². The fraction of sp³-hybridized carbons (Fsp3) is 0. The highest BCUT2D eigenvalue weighted by molar-refractivity contribution is 6.31. The van der Waals surface area contributed by atoms with Gasteiger partial charge < -0.3 is 5.73 Å². The van der Waals surface area contributed by atoms with Crippen LogP contribution in [0.5, 0.6) is 0 Å². The van der Waals surface area contributed by atoms with Crippen LogP contribution in [0.2, 0.25) is 5.15 Å². The highest BCUT2D eigenvalue weighted by Gasteiger charge is 2.06. The second-order valence-corrected chi connectivity index (χ2v) is 3.03. The van der Waals surface area contributed by atoms with Gasteiger partial charge in [-0.15, -0.1) is 10.2 Å². The van der Waals surface area contributed by atoms with Crippen LogP contribution in [0, 0.1) is 0 Å². The van der Waals surface area contributed by atoms with Crippen molar-refractivity contribution in [3.63, 3.8) is 0 Å². The minimum atomic E-state index is 0.119. The van der Waals surface area contributed by atoms with Gasteiger partial charge in [0.2, 0.25) is 5.95 Å². The molecule has 2 rings (SSSR count). The molecule has 0 saturated carbocycles. The van der Waals surface area contributed by atoms with Gasteiger partial charge in [0.25, 0.3) is 0 Å². The standard InChI is InChI=1S/C9H7ClN4/c10-8-7(12-9(11)14-13-8)6-4-2-1-3-5-6/h1-5H,(H2,11,12,14). The van der Waals surface area contributed by atoms with Crippen molar-refractivity contribution < 1.29 is 0 Å². The monoisotopic (exact) mass is 206 g/mol. The molecule has 0 aliphatic rings. The van der Waals surface area contributed by atoms with Crippen LogP contribution >= 0.6 is 11.6 Å². The normalized spacial score (nSPS) is 10.1. The molecule has 1 heterocycles. The smallest absolute Gasteiger partial charge is 0.240 e. The Morgan fingerprint density at radius 2 is 1.79 bits per heavy atom. The maximum Gasteiger partial charge on any atom is 0.240 e. The summed E-state index contributed by atoms with van der Waals surface area (Å²) in [6, 6.07) is 9.47. The quantitative estimate of drug-likeness (QED) is 0.773. The third-order valence-corrected chi connectivity index (χ3v) is 1.96. The Kier molecular flexibility index (Phi) is 2.28. The number of rotatable bonds is 1. The van der Waals surface area contributed by atoms with Crippen LogP contribution in [0.3, 0.4) is 0 Å². The lowest BCUT2D eigenvalue weighted by atomic mass is 10.2. The molecule has 2 N–H and O–H groups in total. The van der Waals surface area contributed by atoms with Crippen LogP contribution in [0.15, 0.2) is 30.3 Å². The molecule has 4 nitrogen and oxygen atoms in total. The minimum Gasteiger partial charge on any atom is -0.366 e. The van der Waals surface area contributed by atoms with Gasteiger partial charge in [0.15, 0.2) is 5.15 Å². The van der Waals surface area contributed by atoms with E-state index in [0.29, 0.717) is 5.69 Å². The molecule has 1 aromatic carbocycles. The minimum absolute atomic E-state index is 0.119. The Balaban J connectivity index is 2.57. The van der Waals surface area contributed by atoms with Crippen LogP contribution in [-0.4, -0.2) is 15.2 Å². The first kappa shape index (κ1) is 8.90. The fourth-order valence-corrected chi connectivity index (χ4v) is 1.29. The van der Waals surface area contributed by atoms with Crippen LogP contribution in [-0.2, 0) is 0 Å². The second-order valence-electron chi connectivity index (χ2n) is 2.68. The Hall–Kier alpha value is -1.68. The largest absolute Gasteiger partial charge is 0.366 e. The molecule has 14 heavy (non-hydrogen) atoms. The maximum atomic E-state index is 5.84. The van der Waals surface area contributed by atoms with Crippen molar-refractivity contribution in [2.75, 3.05) is 5.73 Å². The van der Waals surface area contributed by atoms with Gasteiger partial charge in [0.05, 0.1) is 0 Å². The number of aromatic nitrogens is 3. The molecule has 0 radical (unpaired) electrons. The molecule has 0 spiro atoms. The molecule has 5 heteroatoms. The first-order chi connectivity index (χ1) is 6.77. The van der Waals surface area contributed by atoms with Crippen molar-refractivity contribution in [3.8, 4) is 11.3 Å². The molecule has 2 aromatic rings. The molecule has 0 aliphatic heterocycles. The van der Waals surface area contributed by atoms with Gasteiger partial charge in [-0.1, -0.05) is 41.9 Å². The molecular formula is C9H7ClN4. The Morgan fingerprint density at radius 1 is 1.07 bits per heavy atom. The van der Waals surface area contributed by atoms with Crippen molar-refractivity contribution in [1.82, 2.24) is 15.2 Å². The van der Waals surface area contributed by atoms with Gasteiger partial charge in [-0.25, -0.2) is 4.98 Å². The molecule has 0 bridgehead atoms. The Bertz CT molecular complexity index is 444. The number of nitrogen functional groups attached to an aromatic ring is 1. The van der Waals surface area contributed by atoms with Crippen molar-refractivity contribution in [1.29, 1.82) is 0 Å². The molecular weight excluding hydrogens is 200 g/mol. The molecule has 1 aromatic heterocycles. The number of nitrogens with two attached hydrogens (primary N) is 1. The lowest BCUT2D eigenvalue weighted by molar-refractivity contribution is 0.991. The van der Waals surface area contributed by atoms with E-state index in [2.05, 4.69) is 15.2 Å². The molecule has 0 saturated heterocycles. The van der Waals surface area contributed by atoms with Gasteiger partial charge in [-0.3, -0.25) is 0 Å². The molecule has 70 valence electrons. The highest BCUT2D eigenvalue weighted by Crippen LogP contribution is 2.22. The average molecular weight is 207 g/mol. The summed E-state index contributed by atoms with van der Waals surface area (Å²) in [6.45, 7) is 0. The zero-order valence-electron chi connectivity index (χ0n) is 7.18. The van der Waals surface area contributed by atoms with E-state index in [4.69, 9.17) is 17.3 Å². The molecule has 0 unspecified atom stereocenters. The van der Waals surface area contributed by atoms with Crippen molar-refractivity contribution >= 4 is 17.5 Å². The van der Waals surface area contributed by atoms with Gasteiger partial charge in [-0.05, 0) is 0 Å². The third-order valence-electron chi connectivity index (χ3n) is 1.71. The lowest BCUT2D eigenvalue weighted by Crippen LogP contribution is -1.99. The zero-order valence-corrected chi connectivity index (χ0v) is 7.94. The third kappa shape index (κ3) is 1.65. The fourth-order valence-electron chi connectivity index (χ4n) is 1.11. The second kappa shape index (κ2) is 3.59. The summed E-state index contributed by atoms with van der Waals surface area (Å²) in [5, 5.41) is 7.49. The SMILES string of the molecule is Nc1nnc(Cl)c(-c2ccccc2)n1.